The lowest BCUT2D eigenvalue weighted by atomic mass is 10.1. The van der Waals surface area contributed by atoms with Crippen LogP contribution in [0.1, 0.15) is 50.8 Å². The number of anilines is 1. The summed E-state index contributed by atoms with van der Waals surface area (Å²) in [5.41, 5.74) is 0.0655. The van der Waals surface area contributed by atoms with E-state index in [4.69, 9.17) is 9.84 Å². The number of hydrogen-bond acceptors (Lipinski definition) is 5. The third-order valence-corrected chi connectivity index (χ3v) is 3.61. The molecule has 0 saturated carbocycles. The van der Waals surface area contributed by atoms with Crippen LogP contribution in [-0.4, -0.2) is 34.7 Å². The second kappa shape index (κ2) is 8.66. The van der Waals surface area contributed by atoms with E-state index in [2.05, 4.69) is 5.32 Å². The SMILES string of the molecule is CCCCOC(=O)c1ccc(NC(=O)c2ccccc2C(=O)O)cc1O. The van der Waals surface area contributed by atoms with Gasteiger partial charge in [0.25, 0.3) is 5.91 Å². The van der Waals surface area contributed by atoms with E-state index in [0.717, 1.165) is 12.8 Å². The zero-order valence-corrected chi connectivity index (χ0v) is 14.2. The number of hydrogen-bond donors (Lipinski definition) is 3. The smallest absolute Gasteiger partial charge is 0.341 e. The largest absolute Gasteiger partial charge is 0.507 e. The Morgan fingerprint density at radius 1 is 1.04 bits per heavy atom. The highest BCUT2D eigenvalue weighted by molar-refractivity contribution is 6.10. The molecule has 0 radical (unpaired) electrons. The van der Waals surface area contributed by atoms with E-state index in [9.17, 15) is 19.5 Å². The van der Waals surface area contributed by atoms with Gasteiger partial charge in [-0.2, -0.15) is 0 Å². The Hall–Kier alpha value is -3.35. The zero-order valence-electron chi connectivity index (χ0n) is 14.2. The molecule has 7 heteroatoms. The van der Waals surface area contributed by atoms with Gasteiger partial charge in [-0.1, -0.05) is 25.5 Å². The topological polar surface area (TPSA) is 113 Å². The maximum absolute atomic E-state index is 12.3. The van der Waals surface area contributed by atoms with Crippen molar-refractivity contribution in [2.24, 2.45) is 0 Å². The van der Waals surface area contributed by atoms with Gasteiger partial charge in [-0.3, -0.25) is 4.79 Å². The van der Waals surface area contributed by atoms with Crippen LogP contribution in [-0.2, 0) is 4.74 Å². The fourth-order valence-corrected chi connectivity index (χ4v) is 2.24. The van der Waals surface area contributed by atoms with E-state index < -0.39 is 17.8 Å². The zero-order chi connectivity index (χ0) is 19.1. The summed E-state index contributed by atoms with van der Waals surface area (Å²) in [7, 11) is 0. The van der Waals surface area contributed by atoms with Gasteiger partial charge in [-0.25, -0.2) is 9.59 Å². The molecule has 2 aromatic rings. The highest BCUT2D eigenvalue weighted by Gasteiger charge is 2.17. The predicted molar refractivity (Wildman–Crippen MR) is 94.7 cm³/mol. The molecule has 26 heavy (non-hydrogen) atoms. The summed E-state index contributed by atoms with van der Waals surface area (Å²) < 4.78 is 5.03. The minimum atomic E-state index is -1.22. The average Bonchev–Trinajstić information content (AvgIpc) is 2.61. The number of carboxylic acid groups (broad SMARTS) is 1. The molecule has 0 spiro atoms. The Kier molecular flexibility index (Phi) is 6.32. The minimum absolute atomic E-state index is 0.00922. The summed E-state index contributed by atoms with van der Waals surface area (Å²) in [6.45, 7) is 2.23. The molecule has 0 fully saturated rings. The number of unbranched alkanes of at least 4 members (excludes halogenated alkanes) is 1. The maximum Gasteiger partial charge on any atom is 0.341 e. The van der Waals surface area contributed by atoms with Crippen molar-refractivity contribution in [1.82, 2.24) is 0 Å². The van der Waals surface area contributed by atoms with Crippen molar-refractivity contribution in [2.45, 2.75) is 19.8 Å². The second-order valence-electron chi connectivity index (χ2n) is 5.53. The number of carboxylic acids is 1. The summed E-state index contributed by atoms with van der Waals surface area (Å²) >= 11 is 0. The molecule has 0 bridgehead atoms. The standard InChI is InChI=1S/C19H19NO6/c1-2-3-10-26-19(25)15-9-8-12(11-16(15)21)20-17(22)13-6-4-5-7-14(13)18(23)24/h4-9,11,21H,2-3,10H2,1H3,(H,20,22)(H,23,24). The highest BCUT2D eigenvalue weighted by Crippen LogP contribution is 2.23. The van der Waals surface area contributed by atoms with Gasteiger partial charge in [0.15, 0.2) is 0 Å². The van der Waals surface area contributed by atoms with Gasteiger partial charge in [-0.15, -0.1) is 0 Å². The van der Waals surface area contributed by atoms with Gasteiger partial charge < -0.3 is 20.3 Å². The Balaban J connectivity index is 2.14. The number of carbonyl (C=O) groups excluding carboxylic acids is 2. The van der Waals surface area contributed by atoms with Crippen molar-refractivity contribution in [3.05, 3.63) is 59.2 Å². The van der Waals surface area contributed by atoms with Crippen LogP contribution >= 0.6 is 0 Å². The molecule has 0 aromatic heterocycles. The molecule has 0 aliphatic carbocycles. The average molecular weight is 357 g/mol. The molecular weight excluding hydrogens is 338 g/mol. The first-order valence-corrected chi connectivity index (χ1v) is 8.07. The van der Waals surface area contributed by atoms with Crippen molar-refractivity contribution in [3.63, 3.8) is 0 Å². The van der Waals surface area contributed by atoms with Gasteiger partial charge in [0.05, 0.1) is 17.7 Å². The van der Waals surface area contributed by atoms with Gasteiger partial charge in [0.1, 0.15) is 11.3 Å². The molecule has 7 nitrogen and oxygen atoms in total. The van der Waals surface area contributed by atoms with E-state index in [0.29, 0.717) is 0 Å². The molecule has 0 heterocycles. The summed E-state index contributed by atoms with van der Waals surface area (Å²) in [5.74, 6) is -2.84. The Labute approximate surface area is 150 Å². The third-order valence-electron chi connectivity index (χ3n) is 3.61. The predicted octanol–water partition coefficient (Wildman–Crippen LogP) is 3.30. The third kappa shape index (κ3) is 4.60. The van der Waals surface area contributed by atoms with E-state index in [-0.39, 0.29) is 34.7 Å². The lowest BCUT2D eigenvalue weighted by Crippen LogP contribution is -2.16. The van der Waals surface area contributed by atoms with E-state index >= 15 is 0 Å². The molecule has 1 amide bonds. The van der Waals surface area contributed by atoms with Crippen molar-refractivity contribution in [3.8, 4) is 5.75 Å². The van der Waals surface area contributed by atoms with Crippen molar-refractivity contribution < 1.29 is 29.3 Å². The Morgan fingerprint density at radius 2 is 1.73 bits per heavy atom. The number of ether oxygens (including phenoxy) is 1. The number of benzene rings is 2. The summed E-state index contributed by atoms with van der Waals surface area (Å²) in [6, 6.07) is 9.75. The molecule has 136 valence electrons. The van der Waals surface area contributed by atoms with Crippen LogP contribution < -0.4 is 5.32 Å². The summed E-state index contributed by atoms with van der Waals surface area (Å²) in [6.07, 6.45) is 1.60. The molecule has 0 saturated heterocycles. The molecule has 2 rings (SSSR count). The van der Waals surface area contributed by atoms with Crippen LogP contribution in [0.2, 0.25) is 0 Å². The van der Waals surface area contributed by atoms with Crippen LogP contribution in [0.25, 0.3) is 0 Å². The minimum Gasteiger partial charge on any atom is -0.507 e. The van der Waals surface area contributed by atoms with Crippen LogP contribution in [0.5, 0.6) is 5.75 Å². The Bertz CT molecular complexity index is 831. The first-order valence-electron chi connectivity index (χ1n) is 8.07. The van der Waals surface area contributed by atoms with Crippen LogP contribution in [0, 0.1) is 0 Å². The van der Waals surface area contributed by atoms with Gasteiger partial charge in [0, 0.05) is 11.8 Å². The molecule has 2 aromatic carbocycles. The molecule has 3 N–H and O–H groups in total. The molecule has 0 aliphatic rings. The van der Waals surface area contributed by atoms with Crippen LogP contribution in [0.4, 0.5) is 5.69 Å². The lowest BCUT2D eigenvalue weighted by Gasteiger charge is -2.10. The fraction of sp³-hybridized carbons (Fsp3) is 0.211. The molecule has 0 atom stereocenters. The fourth-order valence-electron chi connectivity index (χ4n) is 2.24. The van der Waals surface area contributed by atoms with Crippen LogP contribution in [0.15, 0.2) is 42.5 Å². The van der Waals surface area contributed by atoms with E-state index in [1.807, 2.05) is 6.92 Å². The van der Waals surface area contributed by atoms with Crippen molar-refractivity contribution in [1.29, 1.82) is 0 Å². The summed E-state index contributed by atoms with van der Waals surface area (Å²) in [4.78, 5) is 35.4. The highest BCUT2D eigenvalue weighted by atomic mass is 16.5. The lowest BCUT2D eigenvalue weighted by molar-refractivity contribution is 0.0496. The van der Waals surface area contributed by atoms with Crippen molar-refractivity contribution >= 4 is 23.5 Å². The number of phenolic OH excluding ortho intramolecular Hbond substituents is 1. The number of nitrogens with one attached hydrogen (secondary N) is 1. The van der Waals surface area contributed by atoms with Gasteiger partial charge >= 0.3 is 11.9 Å². The number of esters is 1. The maximum atomic E-state index is 12.3. The van der Waals surface area contributed by atoms with Gasteiger partial charge in [0.2, 0.25) is 0 Å². The molecule has 0 aliphatic heterocycles. The van der Waals surface area contributed by atoms with Gasteiger partial charge in [-0.05, 0) is 30.7 Å². The first kappa shape index (κ1) is 19.0. The van der Waals surface area contributed by atoms with E-state index in [1.165, 1.54) is 36.4 Å². The summed E-state index contributed by atoms with van der Waals surface area (Å²) in [5, 5.41) is 21.6. The number of phenols is 1. The number of carbonyl (C=O) groups is 3. The van der Waals surface area contributed by atoms with E-state index in [1.54, 1.807) is 6.07 Å². The number of rotatable bonds is 7. The first-order chi connectivity index (χ1) is 12.4. The van der Waals surface area contributed by atoms with Crippen molar-refractivity contribution in [2.75, 3.05) is 11.9 Å². The number of amides is 1. The van der Waals surface area contributed by atoms with Crippen LogP contribution in [0.3, 0.4) is 0 Å². The second-order valence-corrected chi connectivity index (χ2v) is 5.53. The molecular formula is C19H19NO6. The Morgan fingerprint density at radius 3 is 2.35 bits per heavy atom. The number of aromatic carboxylic acids is 1. The number of aromatic hydroxyl groups is 1. The monoisotopic (exact) mass is 357 g/mol. The normalized spacial score (nSPS) is 10.2. The molecule has 0 unspecified atom stereocenters. The quantitative estimate of drug-likeness (QED) is 0.518.